The summed E-state index contributed by atoms with van der Waals surface area (Å²) >= 11 is 0. The molecule has 0 aliphatic carbocycles. The SMILES string of the molecule is Cc1cc(C)cc(CNC[C@H]2CCn3ncc(C(=O)N4CCOCC4)c3C2)c1. The molecular formula is C22H30N4O2. The summed E-state index contributed by atoms with van der Waals surface area (Å²) in [5.74, 6) is 0.639. The molecule has 150 valence electrons. The number of nitrogens with one attached hydrogen (secondary N) is 1. The van der Waals surface area contributed by atoms with Crippen molar-refractivity contribution in [3.05, 3.63) is 52.3 Å². The summed E-state index contributed by atoms with van der Waals surface area (Å²) < 4.78 is 7.39. The molecule has 0 saturated carbocycles. The van der Waals surface area contributed by atoms with Crippen molar-refractivity contribution in [1.82, 2.24) is 20.0 Å². The molecular weight excluding hydrogens is 352 g/mol. The molecule has 2 aromatic rings. The number of rotatable bonds is 5. The van der Waals surface area contributed by atoms with Gasteiger partial charge in [-0.25, -0.2) is 0 Å². The second-order valence-corrected chi connectivity index (χ2v) is 8.12. The highest BCUT2D eigenvalue weighted by Crippen LogP contribution is 2.24. The highest BCUT2D eigenvalue weighted by molar-refractivity contribution is 5.95. The third kappa shape index (κ3) is 4.28. The molecule has 3 heterocycles. The molecule has 1 aromatic carbocycles. The zero-order valence-corrected chi connectivity index (χ0v) is 16.9. The summed E-state index contributed by atoms with van der Waals surface area (Å²) in [6, 6.07) is 6.70. The van der Waals surface area contributed by atoms with Gasteiger partial charge < -0.3 is 15.0 Å². The van der Waals surface area contributed by atoms with E-state index in [9.17, 15) is 4.79 Å². The predicted octanol–water partition coefficient (Wildman–Crippen LogP) is 2.32. The Morgan fingerprint density at radius 2 is 1.93 bits per heavy atom. The molecule has 1 N–H and O–H groups in total. The van der Waals surface area contributed by atoms with E-state index in [1.54, 1.807) is 6.20 Å². The fourth-order valence-corrected chi connectivity index (χ4v) is 4.38. The fraction of sp³-hybridized carbons (Fsp3) is 0.545. The van der Waals surface area contributed by atoms with Crippen LogP contribution in [0.2, 0.25) is 0 Å². The van der Waals surface area contributed by atoms with Gasteiger partial charge in [-0.05, 0) is 44.7 Å². The number of fused-ring (bicyclic) bond motifs is 1. The number of aromatic nitrogens is 2. The van der Waals surface area contributed by atoms with E-state index in [-0.39, 0.29) is 5.91 Å². The van der Waals surface area contributed by atoms with Crippen molar-refractivity contribution < 1.29 is 9.53 Å². The number of benzene rings is 1. The van der Waals surface area contributed by atoms with E-state index in [1.807, 2.05) is 9.58 Å². The van der Waals surface area contributed by atoms with Gasteiger partial charge in [0, 0.05) is 26.2 Å². The maximum absolute atomic E-state index is 12.9. The highest BCUT2D eigenvalue weighted by atomic mass is 16.5. The maximum Gasteiger partial charge on any atom is 0.257 e. The number of nitrogens with zero attached hydrogens (tertiary/aromatic N) is 3. The molecule has 2 aliphatic rings. The Balaban J connectivity index is 1.36. The minimum Gasteiger partial charge on any atom is -0.378 e. The molecule has 28 heavy (non-hydrogen) atoms. The largest absolute Gasteiger partial charge is 0.378 e. The predicted molar refractivity (Wildman–Crippen MR) is 108 cm³/mol. The van der Waals surface area contributed by atoms with Crippen molar-refractivity contribution in [2.24, 2.45) is 5.92 Å². The lowest BCUT2D eigenvalue weighted by molar-refractivity contribution is 0.0301. The number of aryl methyl sites for hydroxylation is 3. The van der Waals surface area contributed by atoms with Crippen LogP contribution in [0.5, 0.6) is 0 Å². The Morgan fingerprint density at radius 3 is 2.68 bits per heavy atom. The van der Waals surface area contributed by atoms with Gasteiger partial charge in [-0.3, -0.25) is 9.48 Å². The normalized spacial score (nSPS) is 19.5. The lowest BCUT2D eigenvalue weighted by Crippen LogP contribution is -2.41. The zero-order valence-electron chi connectivity index (χ0n) is 16.9. The Kier molecular flexibility index (Phi) is 5.78. The smallest absolute Gasteiger partial charge is 0.257 e. The van der Waals surface area contributed by atoms with Crippen LogP contribution in [0, 0.1) is 19.8 Å². The van der Waals surface area contributed by atoms with E-state index < -0.39 is 0 Å². The maximum atomic E-state index is 12.9. The van der Waals surface area contributed by atoms with Crippen molar-refractivity contribution in [1.29, 1.82) is 0 Å². The molecule has 4 rings (SSSR count). The molecule has 1 fully saturated rings. The van der Waals surface area contributed by atoms with Crippen molar-refractivity contribution in [3.8, 4) is 0 Å². The molecule has 0 spiro atoms. The van der Waals surface area contributed by atoms with Gasteiger partial charge in [-0.2, -0.15) is 5.10 Å². The number of amides is 1. The standard InChI is InChI=1S/C22H30N4O2/c1-16-9-17(2)11-19(10-16)14-23-13-18-3-4-26-21(12-18)20(15-24-26)22(27)25-5-7-28-8-6-25/h9-11,15,18,23H,3-8,12-14H2,1-2H3/t18-/m0/s1. The van der Waals surface area contributed by atoms with E-state index in [4.69, 9.17) is 4.74 Å². The lowest BCUT2D eigenvalue weighted by Gasteiger charge is -2.28. The number of morpholine rings is 1. The minimum absolute atomic E-state index is 0.105. The van der Waals surface area contributed by atoms with Gasteiger partial charge in [0.25, 0.3) is 5.91 Å². The van der Waals surface area contributed by atoms with Crippen LogP contribution in [-0.2, 0) is 24.2 Å². The molecule has 0 radical (unpaired) electrons. The summed E-state index contributed by atoms with van der Waals surface area (Å²) in [6.07, 6.45) is 3.77. The fourth-order valence-electron chi connectivity index (χ4n) is 4.38. The van der Waals surface area contributed by atoms with Gasteiger partial charge in [0.2, 0.25) is 0 Å². The molecule has 0 unspecified atom stereocenters. The molecule has 1 aromatic heterocycles. The molecule has 1 amide bonds. The monoisotopic (exact) mass is 382 g/mol. The first kappa shape index (κ1) is 19.2. The Labute approximate surface area is 166 Å². The van der Waals surface area contributed by atoms with Gasteiger partial charge in [0.1, 0.15) is 0 Å². The summed E-state index contributed by atoms with van der Waals surface area (Å²) in [5, 5.41) is 8.09. The average Bonchev–Trinajstić information content (AvgIpc) is 3.10. The number of carbonyl (C=O) groups is 1. The van der Waals surface area contributed by atoms with E-state index >= 15 is 0 Å². The van der Waals surface area contributed by atoms with E-state index in [1.165, 1.54) is 16.7 Å². The van der Waals surface area contributed by atoms with Gasteiger partial charge in [-0.1, -0.05) is 29.3 Å². The van der Waals surface area contributed by atoms with Gasteiger partial charge in [0.05, 0.1) is 30.7 Å². The first-order valence-corrected chi connectivity index (χ1v) is 10.3. The molecule has 2 aliphatic heterocycles. The molecule has 0 bridgehead atoms. The third-order valence-corrected chi connectivity index (χ3v) is 5.75. The zero-order chi connectivity index (χ0) is 19.5. The summed E-state index contributed by atoms with van der Waals surface area (Å²) in [7, 11) is 0. The molecule has 6 heteroatoms. The second-order valence-electron chi connectivity index (χ2n) is 8.12. The van der Waals surface area contributed by atoms with Gasteiger partial charge in [0.15, 0.2) is 0 Å². The van der Waals surface area contributed by atoms with E-state index in [0.717, 1.165) is 43.7 Å². The summed E-state index contributed by atoms with van der Waals surface area (Å²) in [4.78, 5) is 14.8. The number of hydrogen-bond donors (Lipinski definition) is 1. The highest BCUT2D eigenvalue weighted by Gasteiger charge is 2.28. The quantitative estimate of drug-likeness (QED) is 0.862. The average molecular weight is 383 g/mol. The summed E-state index contributed by atoms with van der Waals surface area (Å²) in [5.41, 5.74) is 5.83. The Morgan fingerprint density at radius 1 is 1.18 bits per heavy atom. The van der Waals surface area contributed by atoms with Crippen molar-refractivity contribution in [3.63, 3.8) is 0 Å². The topological polar surface area (TPSA) is 59.4 Å². The first-order chi connectivity index (χ1) is 13.6. The van der Waals surface area contributed by atoms with Gasteiger partial charge in [-0.15, -0.1) is 0 Å². The van der Waals surface area contributed by atoms with Crippen molar-refractivity contribution in [2.75, 3.05) is 32.8 Å². The number of carbonyl (C=O) groups excluding carboxylic acids is 1. The van der Waals surface area contributed by atoms with Crippen LogP contribution in [0.25, 0.3) is 0 Å². The van der Waals surface area contributed by atoms with Crippen LogP contribution in [0.1, 0.15) is 39.2 Å². The third-order valence-electron chi connectivity index (χ3n) is 5.75. The number of ether oxygens (including phenoxy) is 1. The lowest BCUT2D eigenvalue weighted by atomic mass is 9.94. The van der Waals surface area contributed by atoms with Crippen molar-refractivity contribution in [2.45, 2.75) is 39.8 Å². The van der Waals surface area contributed by atoms with Crippen LogP contribution in [0.15, 0.2) is 24.4 Å². The van der Waals surface area contributed by atoms with E-state index in [0.29, 0.717) is 32.2 Å². The first-order valence-electron chi connectivity index (χ1n) is 10.3. The Bertz CT molecular complexity index is 819. The van der Waals surface area contributed by atoms with Crippen LogP contribution < -0.4 is 5.32 Å². The molecule has 1 atom stereocenters. The van der Waals surface area contributed by atoms with Crippen LogP contribution >= 0.6 is 0 Å². The molecule has 1 saturated heterocycles. The summed E-state index contributed by atoms with van der Waals surface area (Å²) in [6.45, 7) is 9.62. The van der Waals surface area contributed by atoms with Crippen LogP contribution in [0.3, 0.4) is 0 Å². The number of hydrogen-bond acceptors (Lipinski definition) is 4. The Hall–Kier alpha value is -2.18. The van der Waals surface area contributed by atoms with Gasteiger partial charge >= 0.3 is 0 Å². The second kappa shape index (κ2) is 8.45. The van der Waals surface area contributed by atoms with E-state index in [2.05, 4.69) is 42.5 Å². The van der Waals surface area contributed by atoms with Crippen LogP contribution in [-0.4, -0.2) is 53.4 Å². The van der Waals surface area contributed by atoms with Crippen molar-refractivity contribution >= 4 is 5.91 Å². The van der Waals surface area contributed by atoms with Crippen LogP contribution in [0.4, 0.5) is 0 Å². The molecule has 6 nitrogen and oxygen atoms in total. The minimum atomic E-state index is 0.105.